The van der Waals surface area contributed by atoms with Crippen LogP contribution in [0.4, 0.5) is 5.82 Å². The lowest BCUT2D eigenvalue weighted by Gasteiger charge is -2.09. The molecule has 0 aromatic carbocycles. The zero-order valence-electron chi connectivity index (χ0n) is 11.9. The Morgan fingerprint density at radius 1 is 1.30 bits per heavy atom. The van der Waals surface area contributed by atoms with Crippen LogP contribution in [0.15, 0.2) is 24.4 Å². The van der Waals surface area contributed by atoms with E-state index in [0.717, 1.165) is 18.7 Å². The Balaban J connectivity index is 1.88. The number of carbonyl (C=O) groups excluding carboxylic acids is 1. The molecule has 7 nitrogen and oxygen atoms in total. The predicted octanol–water partition coefficient (Wildman–Crippen LogP) is 0.566. The molecule has 1 amide bonds. The predicted molar refractivity (Wildman–Crippen MR) is 75.5 cm³/mol. The number of aryl methyl sites for hydroxylation is 1. The van der Waals surface area contributed by atoms with Crippen LogP contribution >= 0.6 is 0 Å². The van der Waals surface area contributed by atoms with Crippen LogP contribution in [0.2, 0.25) is 0 Å². The first-order chi connectivity index (χ1) is 9.58. The zero-order valence-corrected chi connectivity index (χ0v) is 11.9. The van der Waals surface area contributed by atoms with E-state index in [0.29, 0.717) is 11.5 Å². The Bertz CT molecular complexity index is 575. The molecule has 0 unspecified atom stereocenters. The Labute approximate surface area is 117 Å². The molecule has 0 fully saturated rings. The average Bonchev–Trinajstić information content (AvgIpc) is 2.84. The molecule has 7 heteroatoms. The summed E-state index contributed by atoms with van der Waals surface area (Å²) in [5, 5.41) is 15.2. The molecule has 2 aromatic heterocycles. The van der Waals surface area contributed by atoms with E-state index in [4.69, 9.17) is 0 Å². The summed E-state index contributed by atoms with van der Waals surface area (Å²) in [4.78, 5) is 13.1. The third kappa shape index (κ3) is 3.31. The summed E-state index contributed by atoms with van der Waals surface area (Å²) in [5.74, 6) is 0.501. The molecule has 0 saturated heterocycles. The molecule has 0 aliphatic heterocycles. The lowest BCUT2D eigenvalue weighted by Crippen LogP contribution is -2.23. The van der Waals surface area contributed by atoms with E-state index in [9.17, 15) is 4.79 Å². The molecule has 0 saturated carbocycles. The molecular weight excluding hydrogens is 256 g/mol. The van der Waals surface area contributed by atoms with E-state index in [2.05, 4.69) is 20.6 Å². The molecule has 0 atom stereocenters. The minimum atomic E-state index is -0.154. The van der Waals surface area contributed by atoms with Crippen molar-refractivity contribution in [1.29, 1.82) is 0 Å². The molecule has 0 spiro atoms. The van der Waals surface area contributed by atoms with Crippen LogP contribution in [-0.2, 0) is 13.5 Å². The van der Waals surface area contributed by atoms with Crippen molar-refractivity contribution in [1.82, 2.24) is 24.9 Å². The highest BCUT2D eigenvalue weighted by Gasteiger charge is 2.09. The van der Waals surface area contributed by atoms with Gasteiger partial charge in [0.1, 0.15) is 5.82 Å². The molecule has 0 aliphatic carbocycles. The van der Waals surface area contributed by atoms with E-state index < -0.39 is 0 Å². The van der Waals surface area contributed by atoms with Gasteiger partial charge in [-0.15, -0.1) is 10.2 Å². The van der Waals surface area contributed by atoms with Gasteiger partial charge >= 0.3 is 0 Å². The van der Waals surface area contributed by atoms with E-state index in [-0.39, 0.29) is 5.91 Å². The quantitative estimate of drug-likeness (QED) is 0.862. The van der Waals surface area contributed by atoms with Crippen molar-refractivity contribution < 1.29 is 4.79 Å². The fourth-order valence-electron chi connectivity index (χ4n) is 1.73. The molecule has 0 bridgehead atoms. The van der Waals surface area contributed by atoms with Crippen LogP contribution < -0.4 is 5.32 Å². The number of hydrogen-bond acceptors (Lipinski definition) is 5. The van der Waals surface area contributed by atoms with E-state index in [1.807, 2.05) is 17.8 Å². The maximum absolute atomic E-state index is 11.7. The number of amides is 1. The molecule has 0 aliphatic rings. The van der Waals surface area contributed by atoms with Crippen molar-refractivity contribution >= 4 is 11.7 Å². The third-order valence-corrected chi connectivity index (χ3v) is 2.90. The number of hydrogen-bond donors (Lipinski definition) is 1. The number of carbonyl (C=O) groups is 1. The van der Waals surface area contributed by atoms with Crippen molar-refractivity contribution in [3.05, 3.63) is 35.8 Å². The summed E-state index contributed by atoms with van der Waals surface area (Å²) in [6.07, 6.45) is 2.62. The average molecular weight is 274 g/mol. The van der Waals surface area contributed by atoms with Gasteiger partial charge in [0.25, 0.3) is 5.91 Å². The second kappa shape index (κ2) is 6.14. The fraction of sp³-hybridized carbons (Fsp3) is 0.385. The van der Waals surface area contributed by atoms with Crippen molar-refractivity contribution in [3.8, 4) is 0 Å². The Morgan fingerprint density at radius 3 is 2.65 bits per heavy atom. The van der Waals surface area contributed by atoms with Crippen molar-refractivity contribution in [2.45, 2.75) is 6.42 Å². The highest BCUT2D eigenvalue weighted by Crippen LogP contribution is 2.04. The minimum Gasteiger partial charge on any atom is -0.368 e. The minimum absolute atomic E-state index is 0.154. The monoisotopic (exact) mass is 274 g/mol. The molecule has 2 aromatic rings. The van der Waals surface area contributed by atoms with Gasteiger partial charge in [-0.05, 0) is 18.2 Å². The van der Waals surface area contributed by atoms with Crippen molar-refractivity contribution in [2.75, 3.05) is 26.0 Å². The third-order valence-electron chi connectivity index (χ3n) is 2.90. The van der Waals surface area contributed by atoms with E-state index >= 15 is 0 Å². The van der Waals surface area contributed by atoms with Gasteiger partial charge in [0.05, 0.1) is 0 Å². The summed E-state index contributed by atoms with van der Waals surface area (Å²) < 4.78 is 1.84. The lowest BCUT2D eigenvalue weighted by atomic mass is 10.3. The van der Waals surface area contributed by atoms with Crippen LogP contribution in [-0.4, -0.2) is 51.4 Å². The SMILES string of the molecule is CN(C)C(=O)c1ccc(NCCc2ccnn2C)nn1. The topological polar surface area (TPSA) is 75.9 Å². The maximum Gasteiger partial charge on any atom is 0.273 e. The van der Waals surface area contributed by atoms with E-state index in [1.165, 1.54) is 4.90 Å². The fourth-order valence-corrected chi connectivity index (χ4v) is 1.73. The summed E-state index contributed by atoms with van der Waals surface area (Å²) in [7, 11) is 5.28. The van der Waals surface area contributed by atoms with Crippen LogP contribution in [0.5, 0.6) is 0 Å². The second-order valence-corrected chi connectivity index (χ2v) is 4.63. The molecule has 106 valence electrons. The van der Waals surface area contributed by atoms with Gasteiger partial charge in [-0.1, -0.05) is 0 Å². The normalized spacial score (nSPS) is 10.3. The Morgan fingerprint density at radius 2 is 2.10 bits per heavy atom. The molecule has 1 N–H and O–H groups in total. The van der Waals surface area contributed by atoms with Gasteiger partial charge in [0.15, 0.2) is 5.69 Å². The zero-order chi connectivity index (χ0) is 14.5. The van der Waals surface area contributed by atoms with Crippen LogP contribution in [0, 0.1) is 0 Å². The van der Waals surface area contributed by atoms with Gasteiger partial charge < -0.3 is 10.2 Å². The van der Waals surface area contributed by atoms with Gasteiger partial charge in [-0.25, -0.2) is 0 Å². The van der Waals surface area contributed by atoms with E-state index in [1.54, 1.807) is 32.4 Å². The first-order valence-corrected chi connectivity index (χ1v) is 6.34. The molecule has 20 heavy (non-hydrogen) atoms. The number of nitrogens with one attached hydrogen (secondary N) is 1. The highest BCUT2D eigenvalue weighted by molar-refractivity contribution is 5.91. The van der Waals surface area contributed by atoms with Gasteiger partial charge in [-0.3, -0.25) is 9.48 Å². The maximum atomic E-state index is 11.7. The molecule has 2 rings (SSSR count). The Hall–Kier alpha value is -2.44. The molecule has 0 radical (unpaired) electrons. The smallest absolute Gasteiger partial charge is 0.273 e. The number of anilines is 1. The van der Waals surface area contributed by atoms with Crippen LogP contribution in [0.1, 0.15) is 16.2 Å². The first kappa shape index (κ1) is 14.0. The van der Waals surface area contributed by atoms with Crippen LogP contribution in [0.25, 0.3) is 0 Å². The molecular formula is C13H18N6O. The number of rotatable bonds is 5. The standard InChI is InChI=1S/C13H18N6O/c1-18(2)13(20)11-4-5-12(17-16-11)14-8-6-10-7-9-15-19(10)3/h4-5,7,9H,6,8H2,1-3H3,(H,14,17). The summed E-state index contributed by atoms with van der Waals surface area (Å²) in [6.45, 7) is 0.731. The number of nitrogens with zero attached hydrogens (tertiary/aromatic N) is 5. The highest BCUT2D eigenvalue weighted by atomic mass is 16.2. The van der Waals surface area contributed by atoms with Gasteiger partial charge in [0.2, 0.25) is 0 Å². The van der Waals surface area contributed by atoms with Gasteiger partial charge in [0, 0.05) is 46.0 Å². The van der Waals surface area contributed by atoms with Crippen molar-refractivity contribution in [2.24, 2.45) is 7.05 Å². The second-order valence-electron chi connectivity index (χ2n) is 4.63. The summed E-state index contributed by atoms with van der Waals surface area (Å²) in [5.41, 5.74) is 1.48. The van der Waals surface area contributed by atoms with Gasteiger partial charge in [-0.2, -0.15) is 5.10 Å². The largest absolute Gasteiger partial charge is 0.368 e. The van der Waals surface area contributed by atoms with Crippen molar-refractivity contribution in [3.63, 3.8) is 0 Å². The summed E-state index contributed by atoms with van der Waals surface area (Å²) >= 11 is 0. The lowest BCUT2D eigenvalue weighted by molar-refractivity contribution is 0.0821. The number of aromatic nitrogens is 4. The Kier molecular flexibility index (Phi) is 4.29. The van der Waals surface area contributed by atoms with Crippen LogP contribution in [0.3, 0.4) is 0 Å². The molecule has 2 heterocycles. The summed E-state index contributed by atoms with van der Waals surface area (Å²) in [6, 6.07) is 5.40. The first-order valence-electron chi connectivity index (χ1n) is 6.34.